The minimum Gasteiger partial charge on any atom is -0.462 e. The Labute approximate surface area is 441 Å². The van der Waals surface area contributed by atoms with E-state index in [0.717, 1.165) is 57.8 Å². The van der Waals surface area contributed by atoms with E-state index in [-0.39, 0.29) is 37.5 Å². The van der Waals surface area contributed by atoms with E-state index in [1.807, 2.05) is 0 Å². The number of esters is 3. The maximum absolute atomic E-state index is 12.9. The molecule has 0 aliphatic heterocycles. The normalized spacial score (nSPS) is 12.3. The molecule has 71 heavy (non-hydrogen) atoms. The molecule has 414 valence electrons. The van der Waals surface area contributed by atoms with Crippen LogP contribution in [0, 0.1) is 0 Å². The number of rotatable bonds is 57. The molecule has 0 aromatic carbocycles. The standard InChI is InChI=1S/C65H118O6/c1-4-7-10-13-16-19-22-25-28-31-32-35-37-40-43-46-49-52-55-58-64(67)70-61-62(71-65(68)59-56-53-50-47-44-41-38-34-30-27-24-21-18-15-12-9-6-3)60-69-63(66)57-54-51-48-45-42-39-36-33-29-26-23-20-17-14-11-8-5-2/h26-27,29-30,38,41,47,50,62H,4-25,28,31-37,39-40,42-46,48-49,51-61H2,1-3H3/b29-26-,30-27-,41-38-,50-47-/t62-/m1/s1. The lowest BCUT2D eigenvalue weighted by atomic mass is 10.0. The summed E-state index contributed by atoms with van der Waals surface area (Å²) in [5.74, 6) is -0.929. The van der Waals surface area contributed by atoms with Crippen molar-refractivity contribution in [3.8, 4) is 0 Å². The summed E-state index contributed by atoms with van der Waals surface area (Å²) in [5.41, 5.74) is 0. The zero-order valence-electron chi connectivity index (χ0n) is 47.5. The molecule has 0 N–H and O–H groups in total. The van der Waals surface area contributed by atoms with Gasteiger partial charge in [-0.15, -0.1) is 0 Å². The summed E-state index contributed by atoms with van der Waals surface area (Å²) in [5, 5.41) is 0. The van der Waals surface area contributed by atoms with Crippen LogP contribution in [0.25, 0.3) is 0 Å². The highest BCUT2D eigenvalue weighted by molar-refractivity contribution is 5.71. The summed E-state index contributed by atoms with van der Waals surface area (Å²) in [6, 6.07) is 0. The molecule has 0 amide bonds. The molecule has 0 aromatic rings. The minimum atomic E-state index is -0.800. The molecular weight excluding hydrogens is 877 g/mol. The van der Waals surface area contributed by atoms with Crippen LogP contribution in [0.5, 0.6) is 0 Å². The van der Waals surface area contributed by atoms with Gasteiger partial charge in [-0.05, 0) is 77.0 Å². The van der Waals surface area contributed by atoms with Crippen molar-refractivity contribution in [2.45, 2.75) is 335 Å². The molecule has 6 nitrogen and oxygen atoms in total. The second-order valence-electron chi connectivity index (χ2n) is 21.0. The van der Waals surface area contributed by atoms with E-state index in [9.17, 15) is 14.4 Å². The summed E-state index contributed by atoms with van der Waals surface area (Å²) in [6.45, 7) is 6.63. The lowest BCUT2D eigenvalue weighted by molar-refractivity contribution is -0.167. The highest BCUT2D eigenvalue weighted by atomic mass is 16.6. The number of hydrogen-bond acceptors (Lipinski definition) is 6. The van der Waals surface area contributed by atoms with Crippen LogP contribution >= 0.6 is 0 Å². The first-order valence-electron chi connectivity index (χ1n) is 31.1. The Kier molecular flexibility index (Phi) is 57.7. The van der Waals surface area contributed by atoms with Gasteiger partial charge in [0.1, 0.15) is 13.2 Å². The number of ether oxygens (including phenoxy) is 3. The van der Waals surface area contributed by atoms with Crippen LogP contribution in [0.1, 0.15) is 329 Å². The first-order chi connectivity index (χ1) is 35.0. The SMILES string of the molecule is CCCCCCCC/C=C\C/C=C\C/C=C\CCCC(=O)O[C@H](COC(=O)CCCCCCCCC/C=C\CCCCCCCC)COC(=O)CCCCCCCCCCCCCCCCCCCCC. The van der Waals surface area contributed by atoms with E-state index in [2.05, 4.69) is 69.4 Å². The summed E-state index contributed by atoms with van der Waals surface area (Å²) in [7, 11) is 0. The summed E-state index contributed by atoms with van der Waals surface area (Å²) >= 11 is 0. The fraction of sp³-hybridized carbons (Fsp3) is 0.831. The van der Waals surface area contributed by atoms with E-state index >= 15 is 0 Å². The van der Waals surface area contributed by atoms with Crippen molar-refractivity contribution in [1.82, 2.24) is 0 Å². The van der Waals surface area contributed by atoms with Crippen molar-refractivity contribution < 1.29 is 28.6 Å². The predicted octanol–water partition coefficient (Wildman–Crippen LogP) is 21.0. The monoisotopic (exact) mass is 995 g/mol. The first-order valence-corrected chi connectivity index (χ1v) is 31.1. The van der Waals surface area contributed by atoms with E-state index in [0.29, 0.717) is 19.3 Å². The van der Waals surface area contributed by atoms with Gasteiger partial charge in [0.05, 0.1) is 0 Å². The van der Waals surface area contributed by atoms with Crippen molar-refractivity contribution in [3.05, 3.63) is 48.6 Å². The van der Waals surface area contributed by atoms with E-state index < -0.39 is 6.10 Å². The van der Waals surface area contributed by atoms with E-state index in [4.69, 9.17) is 14.2 Å². The highest BCUT2D eigenvalue weighted by Gasteiger charge is 2.19. The van der Waals surface area contributed by atoms with Gasteiger partial charge in [0, 0.05) is 19.3 Å². The third kappa shape index (κ3) is 58.1. The Hall–Kier alpha value is -2.63. The van der Waals surface area contributed by atoms with Crippen molar-refractivity contribution in [1.29, 1.82) is 0 Å². The fourth-order valence-electron chi connectivity index (χ4n) is 9.10. The Morgan fingerprint density at radius 3 is 0.845 bits per heavy atom. The summed E-state index contributed by atoms with van der Waals surface area (Å²) in [6.07, 6.45) is 74.0. The topological polar surface area (TPSA) is 78.9 Å². The highest BCUT2D eigenvalue weighted by Crippen LogP contribution is 2.17. The molecule has 0 spiro atoms. The quantitative estimate of drug-likeness (QED) is 0.0261. The molecular formula is C65H118O6. The molecule has 0 rings (SSSR count). The molecule has 6 heteroatoms. The smallest absolute Gasteiger partial charge is 0.306 e. The summed E-state index contributed by atoms with van der Waals surface area (Å²) in [4.78, 5) is 38.2. The predicted molar refractivity (Wildman–Crippen MR) is 307 cm³/mol. The molecule has 0 aliphatic rings. The van der Waals surface area contributed by atoms with Gasteiger partial charge in [0.15, 0.2) is 6.10 Å². The lowest BCUT2D eigenvalue weighted by Gasteiger charge is -2.18. The molecule has 0 radical (unpaired) electrons. The van der Waals surface area contributed by atoms with E-state index in [1.54, 1.807) is 0 Å². The van der Waals surface area contributed by atoms with Gasteiger partial charge in [-0.2, -0.15) is 0 Å². The maximum Gasteiger partial charge on any atom is 0.306 e. The zero-order valence-corrected chi connectivity index (χ0v) is 47.5. The maximum atomic E-state index is 12.9. The van der Waals surface area contributed by atoms with E-state index in [1.165, 1.54) is 225 Å². The summed E-state index contributed by atoms with van der Waals surface area (Å²) < 4.78 is 16.9. The second kappa shape index (κ2) is 59.9. The molecule has 0 aromatic heterocycles. The number of carbonyl (C=O) groups is 3. The van der Waals surface area contributed by atoms with Crippen LogP contribution in [0.15, 0.2) is 48.6 Å². The molecule has 0 saturated heterocycles. The van der Waals surface area contributed by atoms with Crippen LogP contribution in [0.3, 0.4) is 0 Å². The lowest BCUT2D eigenvalue weighted by Crippen LogP contribution is -2.30. The van der Waals surface area contributed by atoms with Gasteiger partial charge >= 0.3 is 17.9 Å². The number of allylic oxidation sites excluding steroid dienone is 8. The van der Waals surface area contributed by atoms with Gasteiger partial charge in [-0.25, -0.2) is 0 Å². The van der Waals surface area contributed by atoms with Crippen LogP contribution < -0.4 is 0 Å². The van der Waals surface area contributed by atoms with Crippen molar-refractivity contribution >= 4 is 17.9 Å². The van der Waals surface area contributed by atoms with Crippen LogP contribution in [0.4, 0.5) is 0 Å². The minimum absolute atomic E-state index is 0.0909. The molecule has 0 saturated carbocycles. The first kappa shape index (κ1) is 68.4. The Bertz CT molecular complexity index is 1230. The van der Waals surface area contributed by atoms with Crippen LogP contribution in [-0.4, -0.2) is 37.2 Å². The fourth-order valence-corrected chi connectivity index (χ4v) is 9.10. The van der Waals surface area contributed by atoms with Gasteiger partial charge in [-0.3, -0.25) is 14.4 Å². The third-order valence-corrected chi connectivity index (χ3v) is 13.8. The Morgan fingerprint density at radius 1 is 0.282 bits per heavy atom. The van der Waals surface area contributed by atoms with Gasteiger partial charge in [0.25, 0.3) is 0 Å². The van der Waals surface area contributed by atoms with Crippen molar-refractivity contribution in [2.75, 3.05) is 13.2 Å². The van der Waals surface area contributed by atoms with Crippen LogP contribution in [0.2, 0.25) is 0 Å². The molecule has 0 heterocycles. The largest absolute Gasteiger partial charge is 0.462 e. The van der Waals surface area contributed by atoms with Gasteiger partial charge in [0.2, 0.25) is 0 Å². The Morgan fingerprint density at radius 2 is 0.521 bits per heavy atom. The number of unbranched alkanes of at least 4 members (excludes halogenated alkanes) is 38. The van der Waals surface area contributed by atoms with Crippen molar-refractivity contribution in [3.63, 3.8) is 0 Å². The molecule has 0 bridgehead atoms. The van der Waals surface area contributed by atoms with Gasteiger partial charge < -0.3 is 14.2 Å². The molecule has 0 unspecified atom stereocenters. The average Bonchev–Trinajstić information content (AvgIpc) is 3.37. The van der Waals surface area contributed by atoms with Crippen molar-refractivity contribution in [2.24, 2.45) is 0 Å². The average molecular weight is 996 g/mol. The Balaban J connectivity index is 4.40. The van der Waals surface area contributed by atoms with Gasteiger partial charge in [-0.1, -0.05) is 281 Å². The third-order valence-electron chi connectivity index (χ3n) is 13.8. The number of hydrogen-bond donors (Lipinski definition) is 0. The molecule has 0 fully saturated rings. The zero-order chi connectivity index (χ0) is 51.4. The van der Waals surface area contributed by atoms with Crippen LogP contribution in [-0.2, 0) is 28.6 Å². The molecule has 0 aliphatic carbocycles. The second-order valence-corrected chi connectivity index (χ2v) is 21.0. The number of carbonyl (C=O) groups excluding carboxylic acids is 3. The molecule has 1 atom stereocenters.